The third-order valence-electron chi connectivity index (χ3n) is 2.69. The van der Waals surface area contributed by atoms with Crippen LogP contribution < -0.4 is 5.73 Å². The molecule has 0 radical (unpaired) electrons. The van der Waals surface area contributed by atoms with E-state index in [9.17, 15) is 8.78 Å². The van der Waals surface area contributed by atoms with E-state index in [-0.39, 0.29) is 0 Å². The highest BCUT2D eigenvalue weighted by Gasteiger charge is 2.09. The maximum atomic E-state index is 12.9. The lowest BCUT2D eigenvalue weighted by molar-refractivity contribution is 0.240. The van der Waals surface area contributed by atoms with Crippen LogP contribution in [0.25, 0.3) is 0 Å². The molecule has 0 saturated carbocycles. The van der Waals surface area contributed by atoms with Gasteiger partial charge in [-0.25, -0.2) is 8.78 Å². The molecule has 0 aliphatic rings. The summed E-state index contributed by atoms with van der Waals surface area (Å²) in [5.41, 5.74) is 6.10. The van der Waals surface area contributed by atoms with Crippen LogP contribution in [0.3, 0.4) is 0 Å². The molecule has 0 fully saturated rings. The average Bonchev–Trinajstić information content (AvgIpc) is 2.16. The lowest BCUT2D eigenvalue weighted by Crippen LogP contribution is -2.30. The summed E-state index contributed by atoms with van der Waals surface area (Å²) < 4.78 is 25.9. The van der Waals surface area contributed by atoms with E-state index in [0.717, 1.165) is 12.5 Å². The third kappa shape index (κ3) is 3.87. The predicted molar refractivity (Wildman–Crippen MR) is 61.0 cm³/mol. The molecule has 2 nitrogen and oxygen atoms in total. The first-order valence-electron chi connectivity index (χ1n) is 5.38. The molecule has 1 unspecified atom stereocenters. The van der Waals surface area contributed by atoms with Crippen molar-refractivity contribution in [3.8, 4) is 0 Å². The summed E-state index contributed by atoms with van der Waals surface area (Å²) in [6.45, 7) is 3.18. The highest BCUT2D eigenvalue weighted by atomic mass is 19.1. The Bertz CT molecular complexity index is 322. The first-order valence-corrected chi connectivity index (χ1v) is 5.38. The summed E-state index contributed by atoms with van der Waals surface area (Å²) in [5, 5.41) is 0. The Balaban J connectivity index is 2.65. The Morgan fingerprint density at radius 1 is 1.25 bits per heavy atom. The molecule has 1 rings (SSSR count). The predicted octanol–water partition coefficient (Wildman–Crippen LogP) is 2.13. The first-order chi connectivity index (χ1) is 7.52. The van der Waals surface area contributed by atoms with Crippen LogP contribution in [0.1, 0.15) is 18.9 Å². The van der Waals surface area contributed by atoms with Gasteiger partial charge in [0.15, 0.2) is 0 Å². The molecule has 1 atom stereocenters. The van der Waals surface area contributed by atoms with Crippen LogP contribution in [-0.4, -0.2) is 24.5 Å². The summed E-state index contributed by atoms with van der Waals surface area (Å²) >= 11 is 0. The van der Waals surface area contributed by atoms with Gasteiger partial charge in [-0.1, -0.05) is 0 Å². The molecule has 1 aromatic rings. The second-order valence-electron chi connectivity index (χ2n) is 4.12. The van der Waals surface area contributed by atoms with Crippen LogP contribution in [0, 0.1) is 11.6 Å². The van der Waals surface area contributed by atoms with Crippen LogP contribution in [0.15, 0.2) is 18.2 Å². The Morgan fingerprint density at radius 3 is 2.31 bits per heavy atom. The average molecular weight is 228 g/mol. The summed E-state index contributed by atoms with van der Waals surface area (Å²) in [7, 11) is 1.92. The quantitative estimate of drug-likeness (QED) is 0.836. The molecule has 0 saturated heterocycles. The van der Waals surface area contributed by atoms with Gasteiger partial charge in [-0.15, -0.1) is 0 Å². The Hall–Kier alpha value is -1.00. The van der Waals surface area contributed by atoms with E-state index in [4.69, 9.17) is 5.73 Å². The van der Waals surface area contributed by atoms with Gasteiger partial charge in [0, 0.05) is 18.7 Å². The highest BCUT2D eigenvalue weighted by molar-refractivity contribution is 5.17. The van der Waals surface area contributed by atoms with Crippen molar-refractivity contribution in [2.45, 2.75) is 25.9 Å². The molecule has 0 spiro atoms. The fraction of sp³-hybridized carbons (Fsp3) is 0.500. The van der Waals surface area contributed by atoms with Gasteiger partial charge in [-0.3, -0.25) is 4.90 Å². The summed E-state index contributed by atoms with van der Waals surface area (Å²) in [4.78, 5) is 2.03. The van der Waals surface area contributed by atoms with Crippen LogP contribution in [0.4, 0.5) is 8.78 Å². The van der Waals surface area contributed by atoms with E-state index in [0.29, 0.717) is 24.7 Å². The van der Waals surface area contributed by atoms with Gasteiger partial charge in [-0.2, -0.15) is 0 Å². The normalized spacial score (nSPS) is 13.1. The molecule has 0 amide bonds. The van der Waals surface area contributed by atoms with Crippen molar-refractivity contribution in [1.29, 1.82) is 0 Å². The number of benzene rings is 1. The first kappa shape index (κ1) is 13.1. The molecule has 2 N–H and O–H groups in total. The number of rotatable bonds is 5. The minimum absolute atomic E-state index is 0.302. The van der Waals surface area contributed by atoms with Crippen LogP contribution >= 0.6 is 0 Å². The van der Waals surface area contributed by atoms with Crippen LogP contribution in [-0.2, 0) is 6.54 Å². The van der Waals surface area contributed by atoms with Gasteiger partial charge in [-0.05, 0) is 44.6 Å². The molecule has 0 bridgehead atoms. The van der Waals surface area contributed by atoms with Crippen molar-refractivity contribution in [2.24, 2.45) is 5.73 Å². The van der Waals surface area contributed by atoms with E-state index < -0.39 is 11.6 Å². The minimum atomic E-state index is -0.533. The molecule has 0 aromatic heterocycles. The second kappa shape index (κ2) is 5.92. The van der Waals surface area contributed by atoms with Crippen molar-refractivity contribution < 1.29 is 8.78 Å². The molecule has 1 aromatic carbocycles. The SMILES string of the molecule is CC(CCN)N(C)Cc1cc(F)cc(F)c1. The minimum Gasteiger partial charge on any atom is -0.330 e. The van der Waals surface area contributed by atoms with Crippen molar-refractivity contribution in [1.82, 2.24) is 4.90 Å². The van der Waals surface area contributed by atoms with Gasteiger partial charge in [0.25, 0.3) is 0 Å². The highest BCUT2D eigenvalue weighted by Crippen LogP contribution is 2.12. The number of hydrogen-bond donors (Lipinski definition) is 1. The molecular weight excluding hydrogens is 210 g/mol. The Kier molecular flexibility index (Phi) is 4.83. The van der Waals surface area contributed by atoms with E-state index in [1.165, 1.54) is 12.1 Å². The Morgan fingerprint density at radius 2 is 1.81 bits per heavy atom. The summed E-state index contributed by atoms with van der Waals surface area (Å²) in [6.07, 6.45) is 0.869. The largest absolute Gasteiger partial charge is 0.330 e. The van der Waals surface area contributed by atoms with E-state index >= 15 is 0 Å². The van der Waals surface area contributed by atoms with Crippen LogP contribution in [0.2, 0.25) is 0 Å². The van der Waals surface area contributed by atoms with Gasteiger partial charge in [0.1, 0.15) is 11.6 Å². The van der Waals surface area contributed by atoms with Gasteiger partial charge >= 0.3 is 0 Å². The van der Waals surface area contributed by atoms with E-state index in [1.54, 1.807) is 0 Å². The van der Waals surface area contributed by atoms with E-state index in [2.05, 4.69) is 0 Å². The third-order valence-corrected chi connectivity index (χ3v) is 2.69. The van der Waals surface area contributed by atoms with Gasteiger partial charge < -0.3 is 5.73 Å². The zero-order valence-electron chi connectivity index (χ0n) is 9.71. The molecule has 16 heavy (non-hydrogen) atoms. The van der Waals surface area contributed by atoms with Gasteiger partial charge in [0.2, 0.25) is 0 Å². The van der Waals surface area contributed by atoms with E-state index in [1.807, 2.05) is 18.9 Å². The van der Waals surface area contributed by atoms with Crippen molar-refractivity contribution in [2.75, 3.05) is 13.6 Å². The molecule has 90 valence electrons. The van der Waals surface area contributed by atoms with Crippen molar-refractivity contribution >= 4 is 0 Å². The Labute approximate surface area is 95.1 Å². The monoisotopic (exact) mass is 228 g/mol. The molecule has 0 aliphatic heterocycles. The molecule has 4 heteroatoms. The zero-order valence-corrected chi connectivity index (χ0v) is 9.71. The number of nitrogens with zero attached hydrogens (tertiary/aromatic N) is 1. The number of nitrogens with two attached hydrogens (primary N) is 1. The standard InChI is InChI=1S/C12H18F2N2/c1-9(3-4-15)16(2)8-10-5-11(13)7-12(14)6-10/h5-7,9H,3-4,8,15H2,1-2H3. The van der Waals surface area contributed by atoms with Crippen molar-refractivity contribution in [3.05, 3.63) is 35.4 Å². The van der Waals surface area contributed by atoms with Crippen molar-refractivity contribution in [3.63, 3.8) is 0 Å². The zero-order chi connectivity index (χ0) is 12.1. The maximum Gasteiger partial charge on any atom is 0.126 e. The van der Waals surface area contributed by atoms with Gasteiger partial charge in [0.05, 0.1) is 0 Å². The maximum absolute atomic E-state index is 12.9. The number of halogens is 2. The molecule has 0 heterocycles. The molecule has 0 aliphatic carbocycles. The lowest BCUT2D eigenvalue weighted by Gasteiger charge is -2.24. The second-order valence-corrected chi connectivity index (χ2v) is 4.12. The van der Waals surface area contributed by atoms with Crippen LogP contribution in [0.5, 0.6) is 0 Å². The number of hydrogen-bond acceptors (Lipinski definition) is 2. The summed E-state index contributed by atoms with van der Waals surface area (Å²) in [5.74, 6) is -1.07. The fourth-order valence-electron chi connectivity index (χ4n) is 1.61. The lowest BCUT2D eigenvalue weighted by atomic mass is 10.1. The summed E-state index contributed by atoms with van der Waals surface area (Å²) in [6, 6.07) is 3.90. The fourth-order valence-corrected chi connectivity index (χ4v) is 1.61. The topological polar surface area (TPSA) is 29.3 Å². The molecular formula is C12H18F2N2. The smallest absolute Gasteiger partial charge is 0.126 e.